The number of benzene rings is 1. The maximum atomic E-state index is 12.5. The third-order valence-electron chi connectivity index (χ3n) is 4.72. The number of aliphatic hydroxyl groups is 1. The number of nitrogens with zero attached hydrogens (tertiary/aromatic N) is 1. The Morgan fingerprint density at radius 3 is 2.24 bits per heavy atom. The van der Waals surface area contributed by atoms with Crippen LogP contribution in [0.4, 0.5) is 0 Å². The first-order chi connectivity index (χ1) is 10.1. The largest absolute Gasteiger partial charge is 0.392 e. The lowest BCUT2D eigenvalue weighted by Crippen LogP contribution is -2.29. The Morgan fingerprint density at radius 1 is 1.00 bits per heavy atom. The van der Waals surface area contributed by atoms with Gasteiger partial charge in [0.1, 0.15) is 0 Å². The van der Waals surface area contributed by atoms with E-state index in [1.807, 2.05) is 12.1 Å². The monoisotopic (exact) mass is 309 g/mol. The van der Waals surface area contributed by atoms with Crippen LogP contribution in [0.15, 0.2) is 29.2 Å². The zero-order valence-electron chi connectivity index (χ0n) is 12.2. The van der Waals surface area contributed by atoms with Gasteiger partial charge in [-0.2, -0.15) is 4.31 Å². The van der Waals surface area contributed by atoms with E-state index < -0.39 is 16.1 Å². The highest BCUT2D eigenvalue weighted by Crippen LogP contribution is 2.33. The Morgan fingerprint density at radius 2 is 1.67 bits per heavy atom. The lowest BCUT2D eigenvalue weighted by atomic mass is 9.84. The summed E-state index contributed by atoms with van der Waals surface area (Å²) in [5.74, 6) is 0.587. The van der Waals surface area contributed by atoms with E-state index in [9.17, 15) is 13.5 Å². The fourth-order valence-corrected chi connectivity index (χ4v) is 4.92. The number of aliphatic hydroxyl groups excluding tert-OH is 1. The predicted molar refractivity (Wildman–Crippen MR) is 81.7 cm³/mol. The highest BCUT2D eigenvalue weighted by atomic mass is 32.2. The van der Waals surface area contributed by atoms with Gasteiger partial charge in [0.05, 0.1) is 11.0 Å². The van der Waals surface area contributed by atoms with Crippen molar-refractivity contribution in [3.8, 4) is 0 Å². The fraction of sp³-hybridized carbons (Fsp3) is 0.625. The van der Waals surface area contributed by atoms with Crippen LogP contribution in [0.2, 0.25) is 0 Å². The molecular weight excluding hydrogens is 286 g/mol. The maximum absolute atomic E-state index is 12.5. The molecule has 0 aromatic heterocycles. The van der Waals surface area contributed by atoms with Crippen molar-refractivity contribution < 1.29 is 13.5 Å². The summed E-state index contributed by atoms with van der Waals surface area (Å²) in [7, 11) is -3.45. The lowest BCUT2D eigenvalue weighted by molar-refractivity contribution is 0.189. The van der Waals surface area contributed by atoms with E-state index >= 15 is 0 Å². The van der Waals surface area contributed by atoms with Gasteiger partial charge in [-0.1, -0.05) is 31.4 Å². The van der Waals surface area contributed by atoms with Gasteiger partial charge >= 0.3 is 0 Å². The second kappa shape index (κ2) is 6.07. The topological polar surface area (TPSA) is 57.6 Å². The predicted octanol–water partition coefficient (Wildman–Crippen LogP) is 2.49. The molecule has 1 atom stereocenters. The van der Waals surface area contributed by atoms with Crippen LogP contribution in [-0.2, 0) is 10.0 Å². The molecule has 116 valence electrons. The van der Waals surface area contributed by atoms with Gasteiger partial charge in [0, 0.05) is 13.1 Å². The van der Waals surface area contributed by atoms with Crippen LogP contribution in [0.3, 0.4) is 0 Å². The summed E-state index contributed by atoms with van der Waals surface area (Å²) in [6.07, 6.45) is 6.29. The van der Waals surface area contributed by atoms with E-state index in [-0.39, 0.29) is 6.54 Å². The van der Waals surface area contributed by atoms with Crippen molar-refractivity contribution in [2.24, 2.45) is 0 Å². The molecule has 1 aliphatic carbocycles. The summed E-state index contributed by atoms with van der Waals surface area (Å²) >= 11 is 0. The third-order valence-corrected chi connectivity index (χ3v) is 6.60. The third kappa shape index (κ3) is 3.15. The van der Waals surface area contributed by atoms with E-state index in [1.165, 1.54) is 42.0 Å². The molecule has 1 aromatic carbocycles. The number of sulfonamides is 1. The van der Waals surface area contributed by atoms with Crippen LogP contribution in [-0.4, -0.2) is 37.0 Å². The summed E-state index contributed by atoms with van der Waals surface area (Å²) in [5.41, 5.74) is 1.26. The second-order valence-corrected chi connectivity index (χ2v) is 8.15. The molecule has 3 rings (SSSR count). The minimum absolute atomic E-state index is 0.215. The Labute approximate surface area is 126 Å². The van der Waals surface area contributed by atoms with Gasteiger partial charge in [0.2, 0.25) is 10.0 Å². The van der Waals surface area contributed by atoms with Crippen molar-refractivity contribution in [1.82, 2.24) is 4.31 Å². The molecule has 1 N–H and O–H groups in total. The van der Waals surface area contributed by atoms with Crippen molar-refractivity contribution in [2.75, 3.05) is 13.1 Å². The molecule has 0 spiro atoms. The summed E-state index contributed by atoms with van der Waals surface area (Å²) in [4.78, 5) is 0.344. The Hall–Kier alpha value is -0.910. The van der Waals surface area contributed by atoms with E-state index in [1.54, 1.807) is 12.1 Å². The van der Waals surface area contributed by atoms with E-state index in [0.29, 0.717) is 23.8 Å². The first-order valence-electron chi connectivity index (χ1n) is 7.85. The number of hydrogen-bond acceptors (Lipinski definition) is 3. The zero-order valence-corrected chi connectivity index (χ0v) is 13.1. The quantitative estimate of drug-likeness (QED) is 0.933. The van der Waals surface area contributed by atoms with Crippen LogP contribution < -0.4 is 0 Å². The van der Waals surface area contributed by atoms with Crippen molar-refractivity contribution in [3.05, 3.63) is 29.8 Å². The van der Waals surface area contributed by atoms with Crippen LogP contribution >= 0.6 is 0 Å². The van der Waals surface area contributed by atoms with Crippen LogP contribution in [0.5, 0.6) is 0 Å². The molecule has 1 aliphatic heterocycles. The number of β-amino-alcohol motifs (C(OH)–C–C–N with tert-alkyl or cyclic N) is 1. The first kappa shape index (κ1) is 15.0. The molecule has 21 heavy (non-hydrogen) atoms. The number of hydrogen-bond donors (Lipinski definition) is 1. The van der Waals surface area contributed by atoms with Gasteiger partial charge in [-0.15, -0.1) is 0 Å². The van der Waals surface area contributed by atoms with Gasteiger partial charge < -0.3 is 5.11 Å². The molecule has 2 aliphatic rings. The molecular formula is C16H23NO3S. The van der Waals surface area contributed by atoms with Gasteiger partial charge in [-0.3, -0.25) is 0 Å². The van der Waals surface area contributed by atoms with E-state index in [2.05, 4.69) is 0 Å². The molecule has 0 bridgehead atoms. The minimum Gasteiger partial charge on any atom is -0.392 e. The Balaban J connectivity index is 1.77. The van der Waals surface area contributed by atoms with Crippen LogP contribution in [0.1, 0.15) is 50.0 Å². The summed E-state index contributed by atoms with van der Waals surface area (Å²) in [6, 6.07) is 7.39. The van der Waals surface area contributed by atoms with Crippen LogP contribution in [0.25, 0.3) is 0 Å². The van der Waals surface area contributed by atoms with Crippen molar-refractivity contribution in [2.45, 2.75) is 55.4 Å². The molecule has 0 radical (unpaired) electrons. The average Bonchev–Trinajstić information content (AvgIpc) is 2.96. The summed E-state index contributed by atoms with van der Waals surface area (Å²) in [6.45, 7) is 0.626. The SMILES string of the molecule is O=S(=O)(c1ccc(C2CCCCC2)cc1)N1CC[C@H](O)C1. The Kier molecular flexibility index (Phi) is 4.33. The molecule has 5 heteroatoms. The molecule has 1 aromatic rings. The molecule has 0 amide bonds. The molecule has 0 unspecified atom stereocenters. The van der Waals surface area contributed by atoms with Crippen molar-refractivity contribution >= 4 is 10.0 Å². The molecule has 1 saturated heterocycles. The fourth-order valence-electron chi connectivity index (χ4n) is 3.43. The highest BCUT2D eigenvalue weighted by Gasteiger charge is 2.31. The van der Waals surface area contributed by atoms with Crippen molar-refractivity contribution in [3.63, 3.8) is 0 Å². The standard InChI is InChI=1S/C16H23NO3S/c18-15-10-11-17(12-15)21(19,20)16-8-6-14(7-9-16)13-4-2-1-3-5-13/h6-9,13,15,18H,1-5,10-12H2/t15-/m0/s1. The normalized spacial score (nSPS) is 25.3. The zero-order chi connectivity index (χ0) is 14.9. The Bertz CT molecular complexity index is 576. The highest BCUT2D eigenvalue weighted by molar-refractivity contribution is 7.89. The molecule has 1 heterocycles. The van der Waals surface area contributed by atoms with Crippen LogP contribution in [0, 0.1) is 0 Å². The van der Waals surface area contributed by atoms with Crippen molar-refractivity contribution in [1.29, 1.82) is 0 Å². The van der Waals surface area contributed by atoms with Gasteiger partial charge in [-0.05, 0) is 42.9 Å². The van der Waals surface area contributed by atoms with Gasteiger partial charge in [0.15, 0.2) is 0 Å². The van der Waals surface area contributed by atoms with Gasteiger partial charge in [0.25, 0.3) is 0 Å². The minimum atomic E-state index is -3.45. The van der Waals surface area contributed by atoms with E-state index in [0.717, 1.165) is 0 Å². The second-order valence-electron chi connectivity index (χ2n) is 6.21. The maximum Gasteiger partial charge on any atom is 0.243 e. The lowest BCUT2D eigenvalue weighted by Gasteiger charge is -2.22. The smallest absolute Gasteiger partial charge is 0.243 e. The van der Waals surface area contributed by atoms with E-state index in [4.69, 9.17) is 0 Å². The first-order valence-corrected chi connectivity index (χ1v) is 9.29. The molecule has 1 saturated carbocycles. The summed E-state index contributed by atoms with van der Waals surface area (Å²) < 4.78 is 26.3. The molecule has 4 nitrogen and oxygen atoms in total. The average molecular weight is 309 g/mol. The number of rotatable bonds is 3. The summed E-state index contributed by atoms with van der Waals surface area (Å²) in [5, 5.41) is 9.52. The van der Waals surface area contributed by atoms with Gasteiger partial charge in [-0.25, -0.2) is 8.42 Å². The molecule has 2 fully saturated rings.